The molecule has 0 unspecified atom stereocenters. The maximum absolute atomic E-state index is 13.5. The second-order valence-corrected chi connectivity index (χ2v) is 4.65. The maximum atomic E-state index is 13.5. The van der Waals surface area contributed by atoms with Gasteiger partial charge in [0.2, 0.25) is 0 Å². The van der Waals surface area contributed by atoms with Crippen molar-refractivity contribution in [2.45, 2.75) is 13.3 Å². The van der Waals surface area contributed by atoms with Crippen LogP contribution in [0.4, 0.5) is 4.39 Å². The van der Waals surface area contributed by atoms with Gasteiger partial charge in [0.25, 0.3) is 0 Å². The first-order valence-electron chi connectivity index (χ1n) is 5.60. The maximum Gasteiger partial charge on any atom is 0.170 e. The van der Waals surface area contributed by atoms with Gasteiger partial charge in [-0.2, -0.15) is 0 Å². The average Bonchev–Trinajstić information content (AvgIpc) is 2.35. The molecule has 1 nitrogen and oxygen atoms in total. The molecule has 92 valence electrons. The van der Waals surface area contributed by atoms with Gasteiger partial charge in [-0.25, -0.2) is 4.39 Å². The summed E-state index contributed by atoms with van der Waals surface area (Å²) in [5, 5.41) is 0.618. The Morgan fingerprint density at radius 2 is 1.83 bits per heavy atom. The van der Waals surface area contributed by atoms with E-state index in [0.717, 1.165) is 11.1 Å². The number of aryl methyl sites for hydroxylation is 1. The molecule has 18 heavy (non-hydrogen) atoms. The molecule has 0 bridgehead atoms. The van der Waals surface area contributed by atoms with Crippen LogP contribution < -0.4 is 0 Å². The third kappa shape index (κ3) is 2.96. The molecule has 0 aromatic heterocycles. The van der Waals surface area contributed by atoms with Crippen LogP contribution in [0.5, 0.6) is 0 Å². The van der Waals surface area contributed by atoms with Gasteiger partial charge in [-0.05, 0) is 36.8 Å². The minimum Gasteiger partial charge on any atom is -0.294 e. The van der Waals surface area contributed by atoms with Crippen LogP contribution in [0.25, 0.3) is 0 Å². The summed E-state index contributed by atoms with van der Waals surface area (Å²) in [5.74, 6) is -0.696. The molecule has 0 radical (unpaired) electrons. The minimum absolute atomic E-state index is 0.143. The van der Waals surface area contributed by atoms with E-state index in [1.807, 2.05) is 6.92 Å². The summed E-state index contributed by atoms with van der Waals surface area (Å²) >= 11 is 5.77. The number of carbonyl (C=O) groups excluding carboxylic acids is 1. The molecule has 0 amide bonds. The Morgan fingerprint density at radius 3 is 2.50 bits per heavy atom. The van der Waals surface area contributed by atoms with E-state index in [9.17, 15) is 9.18 Å². The molecule has 2 rings (SSSR count). The number of hydrogen-bond donors (Lipinski definition) is 0. The lowest BCUT2D eigenvalue weighted by Crippen LogP contribution is -2.06. The monoisotopic (exact) mass is 262 g/mol. The quantitative estimate of drug-likeness (QED) is 0.757. The van der Waals surface area contributed by atoms with Gasteiger partial charge in [0, 0.05) is 11.4 Å². The molecule has 0 saturated carbocycles. The molecule has 0 atom stereocenters. The van der Waals surface area contributed by atoms with E-state index in [1.165, 1.54) is 6.07 Å². The van der Waals surface area contributed by atoms with Crippen molar-refractivity contribution in [2.24, 2.45) is 0 Å². The van der Waals surface area contributed by atoms with Crippen LogP contribution in [0.15, 0.2) is 42.5 Å². The molecule has 0 N–H and O–H groups in total. The summed E-state index contributed by atoms with van der Waals surface area (Å²) in [7, 11) is 0. The van der Waals surface area contributed by atoms with Crippen LogP contribution in [-0.4, -0.2) is 5.78 Å². The van der Waals surface area contributed by atoms with Gasteiger partial charge >= 0.3 is 0 Å². The van der Waals surface area contributed by atoms with E-state index >= 15 is 0 Å². The third-order valence-electron chi connectivity index (χ3n) is 2.70. The number of hydrogen-bond acceptors (Lipinski definition) is 1. The Labute approximate surface area is 110 Å². The second-order valence-electron chi connectivity index (χ2n) is 4.21. The molecule has 2 aromatic carbocycles. The van der Waals surface area contributed by atoms with E-state index in [1.54, 1.807) is 36.4 Å². The lowest BCUT2D eigenvalue weighted by Gasteiger charge is -2.04. The number of carbonyl (C=O) groups is 1. The largest absolute Gasteiger partial charge is 0.294 e. The summed E-state index contributed by atoms with van der Waals surface area (Å²) < 4.78 is 13.5. The highest BCUT2D eigenvalue weighted by molar-refractivity contribution is 6.30. The normalized spacial score (nSPS) is 10.4. The summed E-state index contributed by atoms with van der Waals surface area (Å²) in [4.78, 5) is 12.0. The molecule has 0 fully saturated rings. The highest BCUT2D eigenvalue weighted by Gasteiger charge is 2.12. The molecule has 0 saturated heterocycles. The van der Waals surface area contributed by atoms with E-state index in [4.69, 9.17) is 11.6 Å². The molecule has 0 aliphatic rings. The highest BCUT2D eigenvalue weighted by atomic mass is 35.5. The first-order chi connectivity index (χ1) is 8.56. The van der Waals surface area contributed by atoms with Crippen molar-refractivity contribution in [3.8, 4) is 0 Å². The van der Waals surface area contributed by atoms with Crippen molar-refractivity contribution in [1.29, 1.82) is 0 Å². The zero-order chi connectivity index (χ0) is 13.1. The molecule has 0 spiro atoms. The zero-order valence-corrected chi connectivity index (χ0v) is 10.7. The predicted molar refractivity (Wildman–Crippen MR) is 70.6 cm³/mol. The average molecular weight is 263 g/mol. The summed E-state index contributed by atoms with van der Waals surface area (Å²) in [5.41, 5.74) is 1.84. The van der Waals surface area contributed by atoms with Crippen molar-refractivity contribution in [2.75, 3.05) is 0 Å². The standard InChI is InChI=1S/C15H12ClFO/c1-10-2-7-14(17)13(8-10)15(18)9-11-3-5-12(16)6-4-11/h2-8H,9H2,1H3. The van der Waals surface area contributed by atoms with Gasteiger partial charge in [0.1, 0.15) is 5.82 Å². The number of ketones is 1. The van der Waals surface area contributed by atoms with Gasteiger partial charge in [-0.1, -0.05) is 35.4 Å². The number of halogens is 2. The van der Waals surface area contributed by atoms with Gasteiger partial charge in [-0.15, -0.1) is 0 Å². The first-order valence-corrected chi connectivity index (χ1v) is 5.98. The summed E-state index contributed by atoms with van der Waals surface area (Å²) in [6.45, 7) is 1.83. The number of Topliss-reactive ketones (excluding diaryl/α,β-unsaturated/α-hetero) is 1. The lowest BCUT2D eigenvalue weighted by molar-refractivity contribution is 0.0989. The van der Waals surface area contributed by atoms with Gasteiger partial charge < -0.3 is 0 Å². The van der Waals surface area contributed by atoms with Crippen molar-refractivity contribution >= 4 is 17.4 Å². The Bertz CT molecular complexity index is 576. The van der Waals surface area contributed by atoms with Crippen molar-refractivity contribution < 1.29 is 9.18 Å². The molecular formula is C15H12ClFO. The third-order valence-corrected chi connectivity index (χ3v) is 2.95. The van der Waals surface area contributed by atoms with Gasteiger partial charge in [0.15, 0.2) is 5.78 Å². The van der Waals surface area contributed by atoms with Gasteiger partial charge in [0.05, 0.1) is 5.56 Å². The highest BCUT2D eigenvalue weighted by Crippen LogP contribution is 2.15. The van der Waals surface area contributed by atoms with Crippen LogP contribution in [0, 0.1) is 12.7 Å². The Kier molecular flexibility index (Phi) is 3.78. The lowest BCUT2D eigenvalue weighted by atomic mass is 10.0. The summed E-state index contributed by atoms with van der Waals surface area (Å²) in [6.07, 6.45) is 0.178. The first kappa shape index (κ1) is 12.8. The number of rotatable bonds is 3. The predicted octanol–water partition coefficient (Wildman–Crippen LogP) is 4.21. The zero-order valence-electron chi connectivity index (χ0n) is 9.91. The smallest absolute Gasteiger partial charge is 0.170 e. The van der Waals surface area contributed by atoms with E-state index in [-0.39, 0.29) is 17.8 Å². The molecule has 3 heteroatoms. The minimum atomic E-state index is -0.473. The van der Waals surface area contributed by atoms with E-state index in [2.05, 4.69) is 0 Å². The summed E-state index contributed by atoms with van der Waals surface area (Å²) in [6, 6.07) is 11.5. The van der Waals surface area contributed by atoms with Crippen molar-refractivity contribution in [3.05, 3.63) is 70.0 Å². The Balaban J connectivity index is 2.21. The van der Waals surface area contributed by atoms with E-state index in [0.29, 0.717) is 5.02 Å². The topological polar surface area (TPSA) is 17.1 Å². The fourth-order valence-electron chi connectivity index (χ4n) is 1.74. The molecule has 0 aliphatic heterocycles. The Hall–Kier alpha value is -1.67. The van der Waals surface area contributed by atoms with Gasteiger partial charge in [-0.3, -0.25) is 4.79 Å². The molecule has 2 aromatic rings. The van der Waals surface area contributed by atoms with Crippen molar-refractivity contribution in [1.82, 2.24) is 0 Å². The van der Waals surface area contributed by atoms with Crippen LogP contribution in [-0.2, 0) is 6.42 Å². The van der Waals surface area contributed by atoms with E-state index < -0.39 is 5.82 Å². The van der Waals surface area contributed by atoms with Crippen LogP contribution >= 0.6 is 11.6 Å². The Morgan fingerprint density at radius 1 is 1.17 bits per heavy atom. The SMILES string of the molecule is Cc1ccc(F)c(C(=O)Cc2ccc(Cl)cc2)c1. The van der Waals surface area contributed by atoms with Crippen LogP contribution in [0.3, 0.4) is 0 Å². The molecule has 0 heterocycles. The molecule has 0 aliphatic carbocycles. The van der Waals surface area contributed by atoms with Crippen molar-refractivity contribution in [3.63, 3.8) is 0 Å². The number of benzene rings is 2. The fraction of sp³-hybridized carbons (Fsp3) is 0.133. The molecular weight excluding hydrogens is 251 g/mol. The fourth-order valence-corrected chi connectivity index (χ4v) is 1.86. The van der Waals surface area contributed by atoms with Crippen LogP contribution in [0.1, 0.15) is 21.5 Å². The van der Waals surface area contributed by atoms with Crippen LogP contribution in [0.2, 0.25) is 5.02 Å². The second kappa shape index (κ2) is 5.32.